The molecule has 1 nitrogen and oxygen atoms in total. The molecule has 1 aromatic heterocycles. The number of hydrogen-bond donors (Lipinski definition) is 1. The Hall–Kier alpha value is -0.640. The molecule has 1 aromatic carbocycles. The molecule has 0 fully saturated rings. The number of benzene rings is 1. The molecular weight excluding hydrogens is 294 g/mol. The van der Waals surface area contributed by atoms with Crippen molar-refractivity contribution in [3.8, 4) is 10.4 Å². The average molecular weight is 310 g/mol. The topological polar surface area (TPSA) is 12.0 Å². The van der Waals surface area contributed by atoms with Crippen molar-refractivity contribution in [1.82, 2.24) is 5.32 Å². The normalized spacial score (nSPS) is 12.7. The third-order valence-electron chi connectivity index (χ3n) is 3.02. The van der Waals surface area contributed by atoms with Crippen LogP contribution in [-0.2, 0) is 0 Å². The fourth-order valence-electron chi connectivity index (χ4n) is 1.75. The third-order valence-corrected chi connectivity index (χ3v) is 5.18. The molecule has 0 spiro atoms. The highest BCUT2D eigenvalue weighted by Crippen LogP contribution is 2.35. The van der Waals surface area contributed by atoms with Crippen LogP contribution in [0.3, 0.4) is 0 Å². The van der Waals surface area contributed by atoms with E-state index < -0.39 is 0 Å². The molecule has 0 aliphatic rings. The van der Waals surface area contributed by atoms with Gasteiger partial charge >= 0.3 is 0 Å². The molecule has 0 aliphatic heterocycles. The van der Waals surface area contributed by atoms with Crippen molar-refractivity contribution in [2.75, 3.05) is 7.05 Å². The number of nitrogens with one attached hydrogen (secondary N) is 1. The SMILES string of the molecule is CNC(C)c1ccc(-c2cccc(Br)c2C)s1. The summed E-state index contributed by atoms with van der Waals surface area (Å²) in [6, 6.07) is 11.2. The quantitative estimate of drug-likeness (QED) is 0.861. The van der Waals surface area contributed by atoms with Crippen LogP contribution in [0, 0.1) is 6.92 Å². The van der Waals surface area contributed by atoms with E-state index in [1.165, 1.54) is 25.4 Å². The van der Waals surface area contributed by atoms with E-state index in [1.807, 2.05) is 18.4 Å². The van der Waals surface area contributed by atoms with E-state index in [4.69, 9.17) is 0 Å². The minimum Gasteiger partial charge on any atom is -0.313 e. The third kappa shape index (κ3) is 2.62. The van der Waals surface area contributed by atoms with E-state index in [9.17, 15) is 0 Å². The van der Waals surface area contributed by atoms with Gasteiger partial charge in [0.05, 0.1) is 0 Å². The summed E-state index contributed by atoms with van der Waals surface area (Å²) in [4.78, 5) is 2.71. The predicted molar refractivity (Wildman–Crippen MR) is 79.7 cm³/mol. The van der Waals surface area contributed by atoms with Gasteiger partial charge in [0.25, 0.3) is 0 Å². The van der Waals surface area contributed by atoms with Crippen LogP contribution < -0.4 is 5.32 Å². The van der Waals surface area contributed by atoms with E-state index in [1.54, 1.807) is 0 Å². The van der Waals surface area contributed by atoms with Crippen molar-refractivity contribution >= 4 is 27.3 Å². The lowest BCUT2D eigenvalue weighted by atomic mass is 10.1. The summed E-state index contributed by atoms with van der Waals surface area (Å²) < 4.78 is 1.17. The Bertz CT molecular complexity index is 519. The number of rotatable bonds is 3. The molecule has 0 aliphatic carbocycles. The number of thiophene rings is 1. The summed E-state index contributed by atoms with van der Waals surface area (Å²) in [5, 5.41) is 3.27. The summed E-state index contributed by atoms with van der Waals surface area (Å²) in [6.07, 6.45) is 0. The lowest BCUT2D eigenvalue weighted by molar-refractivity contribution is 0.664. The summed E-state index contributed by atoms with van der Waals surface area (Å²) >= 11 is 5.44. The fourth-order valence-corrected chi connectivity index (χ4v) is 3.26. The van der Waals surface area contributed by atoms with Crippen molar-refractivity contribution in [2.24, 2.45) is 0 Å². The molecule has 1 unspecified atom stereocenters. The summed E-state index contributed by atoms with van der Waals surface area (Å²) in [6.45, 7) is 4.34. The van der Waals surface area contributed by atoms with Gasteiger partial charge in [-0.1, -0.05) is 28.1 Å². The minimum absolute atomic E-state index is 0.418. The number of hydrogen-bond acceptors (Lipinski definition) is 2. The minimum atomic E-state index is 0.418. The second-order valence-electron chi connectivity index (χ2n) is 4.12. The van der Waals surface area contributed by atoms with Crippen LogP contribution >= 0.6 is 27.3 Å². The van der Waals surface area contributed by atoms with Gasteiger partial charge in [-0.15, -0.1) is 11.3 Å². The first-order chi connectivity index (χ1) is 8.13. The molecule has 0 saturated carbocycles. The Morgan fingerprint density at radius 3 is 2.71 bits per heavy atom. The largest absolute Gasteiger partial charge is 0.313 e. The van der Waals surface area contributed by atoms with Gasteiger partial charge in [0.15, 0.2) is 0 Å². The Kier molecular flexibility index (Phi) is 4.02. The molecule has 1 heterocycles. The molecule has 2 aromatic rings. The molecule has 0 radical (unpaired) electrons. The van der Waals surface area contributed by atoms with Crippen LogP contribution in [0.25, 0.3) is 10.4 Å². The molecule has 17 heavy (non-hydrogen) atoms. The van der Waals surface area contributed by atoms with Gasteiger partial charge in [0.1, 0.15) is 0 Å². The molecule has 1 atom stereocenters. The monoisotopic (exact) mass is 309 g/mol. The number of halogens is 1. The van der Waals surface area contributed by atoms with E-state index >= 15 is 0 Å². The smallest absolute Gasteiger partial charge is 0.0383 e. The van der Waals surface area contributed by atoms with E-state index in [0.717, 1.165) is 0 Å². The zero-order valence-corrected chi connectivity index (χ0v) is 12.7. The van der Waals surface area contributed by atoms with Gasteiger partial charge < -0.3 is 5.32 Å². The highest BCUT2D eigenvalue weighted by atomic mass is 79.9. The molecular formula is C14H16BrNS. The van der Waals surface area contributed by atoms with Crippen LogP contribution in [-0.4, -0.2) is 7.05 Å². The highest BCUT2D eigenvalue weighted by Gasteiger charge is 2.10. The van der Waals surface area contributed by atoms with Crippen molar-refractivity contribution in [1.29, 1.82) is 0 Å². The average Bonchev–Trinajstić information content (AvgIpc) is 2.81. The fraction of sp³-hybridized carbons (Fsp3) is 0.286. The standard InChI is InChI=1S/C14H16BrNS/c1-9-11(5-4-6-12(9)15)14-8-7-13(17-14)10(2)16-3/h4-8,10,16H,1-3H3. The summed E-state index contributed by atoms with van der Waals surface area (Å²) in [5.41, 5.74) is 2.62. The van der Waals surface area contributed by atoms with Crippen LogP contribution in [0.1, 0.15) is 23.4 Å². The summed E-state index contributed by atoms with van der Waals surface area (Å²) in [5.74, 6) is 0. The van der Waals surface area contributed by atoms with Crippen LogP contribution in [0.4, 0.5) is 0 Å². The first-order valence-corrected chi connectivity index (χ1v) is 7.27. The first kappa shape index (κ1) is 12.8. The van der Waals surface area contributed by atoms with Crippen molar-refractivity contribution in [3.63, 3.8) is 0 Å². The van der Waals surface area contributed by atoms with E-state index in [-0.39, 0.29) is 0 Å². The Morgan fingerprint density at radius 1 is 1.24 bits per heavy atom. The Labute approximate surface area is 115 Å². The van der Waals surface area contributed by atoms with Gasteiger partial charge in [0, 0.05) is 20.3 Å². The second-order valence-corrected chi connectivity index (χ2v) is 6.09. The molecule has 0 bridgehead atoms. The lowest BCUT2D eigenvalue weighted by Gasteiger charge is -2.07. The Morgan fingerprint density at radius 2 is 2.00 bits per heavy atom. The lowest BCUT2D eigenvalue weighted by Crippen LogP contribution is -2.10. The van der Waals surface area contributed by atoms with Gasteiger partial charge in [-0.05, 0) is 50.2 Å². The first-order valence-electron chi connectivity index (χ1n) is 5.66. The van der Waals surface area contributed by atoms with Gasteiger partial charge in [0.2, 0.25) is 0 Å². The van der Waals surface area contributed by atoms with E-state index in [0.29, 0.717) is 6.04 Å². The highest BCUT2D eigenvalue weighted by molar-refractivity contribution is 9.10. The Balaban J connectivity index is 2.40. The molecule has 90 valence electrons. The molecule has 1 N–H and O–H groups in total. The van der Waals surface area contributed by atoms with Gasteiger partial charge in [-0.3, -0.25) is 0 Å². The second kappa shape index (κ2) is 5.34. The predicted octanol–water partition coefficient (Wildman–Crippen LogP) is 4.77. The van der Waals surface area contributed by atoms with Crippen molar-refractivity contribution in [2.45, 2.75) is 19.9 Å². The van der Waals surface area contributed by atoms with Crippen molar-refractivity contribution < 1.29 is 0 Å². The van der Waals surface area contributed by atoms with Crippen LogP contribution in [0.2, 0.25) is 0 Å². The maximum Gasteiger partial charge on any atom is 0.0383 e. The van der Waals surface area contributed by atoms with Crippen molar-refractivity contribution in [3.05, 3.63) is 45.2 Å². The summed E-state index contributed by atoms with van der Waals surface area (Å²) in [7, 11) is 1.99. The van der Waals surface area contributed by atoms with E-state index in [2.05, 4.69) is 65.4 Å². The maximum atomic E-state index is 3.59. The molecule has 0 amide bonds. The molecule has 0 saturated heterocycles. The molecule has 2 rings (SSSR count). The zero-order valence-electron chi connectivity index (χ0n) is 10.3. The maximum absolute atomic E-state index is 3.59. The van der Waals surface area contributed by atoms with Crippen LogP contribution in [0.15, 0.2) is 34.8 Å². The molecule has 3 heteroatoms. The van der Waals surface area contributed by atoms with Crippen LogP contribution in [0.5, 0.6) is 0 Å². The zero-order chi connectivity index (χ0) is 12.4. The van der Waals surface area contributed by atoms with Gasteiger partial charge in [-0.2, -0.15) is 0 Å². The van der Waals surface area contributed by atoms with Gasteiger partial charge in [-0.25, -0.2) is 0 Å².